The fraction of sp³-hybridized carbons (Fsp3) is 0.357. The number of hydrogen-bond acceptors (Lipinski definition) is 5. The molecule has 1 aliphatic rings. The molecule has 0 saturated carbocycles. The molecule has 2 heterocycles. The third-order valence-electron chi connectivity index (χ3n) is 3.15. The number of hydrogen-bond donors (Lipinski definition) is 0. The monoisotopic (exact) mass is 327 g/mol. The third-order valence-corrected chi connectivity index (χ3v) is 3.15. The maximum Gasteiger partial charge on any atom is 0.471 e. The van der Waals surface area contributed by atoms with Crippen molar-refractivity contribution in [1.29, 1.82) is 0 Å². The normalized spacial score (nSPS) is 17.8. The van der Waals surface area contributed by atoms with Crippen molar-refractivity contribution in [2.24, 2.45) is 0 Å². The topological polar surface area (TPSA) is 68.5 Å². The standard InChI is InChI=1S/C14H12F3N3O3/c1-13(2)7-10(21)20(23-13)9-5-3-4-8(6-9)11-18-12(22-19-11)14(15,16)17/h3-6H,7H2,1-2H3. The number of carbonyl (C=O) groups excluding carboxylic acids is 1. The van der Waals surface area contributed by atoms with Crippen molar-refractivity contribution in [1.82, 2.24) is 10.1 Å². The summed E-state index contributed by atoms with van der Waals surface area (Å²) in [6.07, 6.45) is -4.50. The number of nitrogens with zero attached hydrogens (tertiary/aromatic N) is 3. The van der Waals surface area contributed by atoms with E-state index in [2.05, 4.69) is 14.7 Å². The van der Waals surface area contributed by atoms with E-state index in [-0.39, 0.29) is 23.7 Å². The van der Waals surface area contributed by atoms with E-state index in [1.165, 1.54) is 12.1 Å². The molecule has 1 aliphatic heterocycles. The Morgan fingerprint density at radius 1 is 1.30 bits per heavy atom. The molecule has 0 atom stereocenters. The van der Waals surface area contributed by atoms with Crippen LogP contribution in [0.2, 0.25) is 0 Å². The Bertz CT molecular complexity index is 755. The lowest BCUT2D eigenvalue weighted by Gasteiger charge is -2.20. The minimum Gasteiger partial charge on any atom is -0.329 e. The van der Waals surface area contributed by atoms with E-state index in [0.29, 0.717) is 5.69 Å². The lowest BCUT2D eigenvalue weighted by Crippen LogP contribution is -2.25. The summed E-state index contributed by atoms with van der Waals surface area (Å²) in [5, 5.41) is 4.44. The van der Waals surface area contributed by atoms with Crippen molar-refractivity contribution in [3.05, 3.63) is 30.2 Å². The number of rotatable bonds is 2. The number of anilines is 1. The summed E-state index contributed by atoms with van der Waals surface area (Å²) in [5.74, 6) is -1.88. The number of hydroxylamine groups is 1. The lowest BCUT2D eigenvalue weighted by molar-refractivity contribution is -0.159. The summed E-state index contributed by atoms with van der Waals surface area (Å²) >= 11 is 0. The number of aromatic nitrogens is 2. The van der Waals surface area contributed by atoms with Gasteiger partial charge < -0.3 is 4.52 Å². The second-order valence-electron chi connectivity index (χ2n) is 5.69. The number of benzene rings is 1. The zero-order valence-corrected chi connectivity index (χ0v) is 12.2. The first kappa shape index (κ1) is 15.5. The van der Waals surface area contributed by atoms with Crippen LogP contribution in [0.25, 0.3) is 11.4 Å². The van der Waals surface area contributed by atoms with Crippen LogP contribution in [0.5, 0.6) is 0 Å². The van der Waals surface area contributed by atoms with Crippen LogP contribution in [0.1, 0.15) is 26.2 Å². The molecule has 3 rings (SSSR count). The minimum atomic E-state index is -4.71. The van der Waals surface area contributed by atoms with Crippen LogP contribution in [0.4, 0.5) is 18.9 Å². The van der Waals surface area contributed by atoms with Crippen molar-refractivity contribution in [3.8, 4) is 11.4 Å². The molecule has 1 amide bonds. The Balaban J connectivity index is 1.92. The first-order valence-electron chi connectivity index (χ1n) is 6.69. The van der Waals surface area contributed by atoms with E-state index in [4.69, 9.17) is 4.84 Å². The Morgan fingerprint density at radius 3 is 2.61 bits per heavy atom. The lowest BCUT2D eigenvalue weighted by atomic mass is 10.1. The van der Waals surface area contributed by atoms with Gasteiger partial charge in [-0.25, -0.2) is 0 Å². The first-order chi connectivity index (χ1) is 10.7. The van der Waals surface area contributed by atoms with Crippen molar-refractivity contribution in [3.63, 3.8) is 0 Å². The van der Waals surface area contributed by atoms with Gasteiger partial charge in [-0.05, 0) is 26.0 Å². The molecule has 0 aliphatic carbocycles. The average molecular weight is 327 g/mol. The molecule has 2 aromatic rings. The van der Waals surface area contributed by atoms with E-state index in [9.17, 15) is 18.0 Å². The predicted octanol–water partition coefficient (Wildman–Crippen LogP) is 3.20. The van der Waals surface area contributed by atoms with Crippen molar-refractivity contribution >= 4 is 11.6 Å². The SMILES string of the molecule is CC1(C)CC(=O)N(c2cccc(-c3noc(C(F)(F)F)n3)c2)O1. The second-order valence-corrected chi connectivity index (χ2v) is 5.69. The molecule has 0 radical (unpaired) electrons. The van der Waals surface area contributed by atoms with Gasteiger partial charge in [0.1, 0.15) is 5.60 Å². The molecule has 122 valence electrons. The quantitative estimate of drug-likeness (QED) is 0.847. The summed E-state index contributed by atoms with van der Waals surface area (Å²) < 4.78 is 41.7. The van der Waals surface area contributed by atoms with Gasteiger partial charge in [-0.15, -0.1) is 0 Å². The van der Waals surface area contributed by atoms with E-state index >= 15 is 0 Å². The molecule has 0 unspecified atom stereocenters. The van der Waals surface area contributed by atoms with Crippen LogP contribution in [-0.2, 0) is 15.8 Å². The highest BCUT2D eigenvalue weighted by Crippen LogP contribution is 2.33. The summed E-state index contributed by atoms with van der Waals surface area (Å²) in [7, 11) is 0. The molecular formula is C14H12F3N3O3. The van der Waals surface area contributed by atoms with Gasteiger partial charge in [-0.1, -0.05) is 17.3 Å². The van der Waals surface area contributed by atoms with Crippen LogP contribution in [-0.4, -0.2) is 21.6 Å². The number of amides is 1. The fourth-order valence-corrected chi connectivity index (χ4v) is 2.19. The van der Waals surface area contributed by atoms with Gasteiger partial charge in [0.2, 0.25) is 5.82 Å². The van der Waals surface area contributed by atoms with Gasteiger partial charge in [-0.2, -0.15) is 23.2 Å². The second kappa shape index (κ2) is 5.05. The summed E-state index contributed by atoms with van der Waals surface area (Å²) in [5.41, 5.74) is 0.0298. The van der Waals surface area contributed by atoms with Crippen molar-refractivity contribution < 1.29 is 27.3 Å². The minimum absolute atomic E-state index is 0.206. The highest BCUT2D eigenvalue weighted by molar-refractivity contribution is 5.94. The number of alkyl halides is 3. The van der Waals surface area contributed by atoms with Crippen LogP contribution >= 0.6 is 0 Å². The number of halogens is 3. The zero-order chi connectivity index (χ0) is 16.8. The van der Waals surface area contributed by atoms with Crippen LogP contribution in [0.3, 0.4) is 0 Å². The van der Waals surface area contributed by atoms with Gasteiger partial charge >= 0.3 is 12.1 Å². The zero-order valence-electron chi connectivity index (χ0n) is 12.2. The molecule has 9 heteroatoms. The third kappa shape index (κ3) is 3.04. The Kier molecular flexibility index (Phi) is 3.40. The van der Waals surface area contributed by atoms with Crippen molar-refractivity contribution in [2.45, 2.75) is 32.0 Å². The molecule has 6 nitrogen and oxygen atoms in total. The summed E-state index contributed by atoms with van der Waals surface area (Å²) in [4.78, 5) is 20.8. The molecule has 0 spiro atoms. The van der Waals surface area contributed by atoms with Gasteiger partial charge in [0, 0.05) is 5.56 Å². The molecule has 1 aromatic carbocycles. The van der Waals surface area contributed by atoms with E-state index in [1.807, 2.05) is 0 Å². The highest BCUT2D eigenvalue weighted by Gasteiger charge is 2.39. The molecule has 23 heavy (non-hydrogen) atoms. The Hall–Kier alpha value is -2.42. The van der Waals surface area contributed by atoms with E-state index < -0.39 is 17.7 Å². The number of carbonyl (C=O) groups is 1. The van der Waals surface area contributed by atoms with Gasteiger partial charge in [0.05, 0.1) is 12.1 Å². The van der Waals surface area contributed by atoms with Crippen LogP contribution in [0.15, 0.2) is 28.8 Å². The summed E-state index contributed by atoms with van der Waals surface area (Å²) in [6.45, 7) is 3.53. The molecular weight excluding hydrogens is 315 g/mol. The van der Waals surface area contributed by atoms with Crippen LogP contribution < -0.4 is 5.06 Å². The molecule has 1 aromatic heterocycles. The molecule has 1 fully saturated rings. The van der Waals surface area contributed by atoms with Gasteiger partial charge in [0.25, 0.3) is 5.91 Å². The summed E-state index contributed by atoms with van der Waals surface area (Å²) in [6, 6.07) is 6.15. The van der Waals surface area contributed by atoms with Crippen LogP contribution in [0, 0.1) is 0 Å². The Labute approximate surface area is 128 Å². The maximum atomic E-state index is 12.5. The average Bonchev–Trinajstić information content (AvgIpc) is 3.03. The van der Waals surface area contributed by atoms with E-state index in [1.54, 1.807) is 26.0 Å². The highest BCUT2D eigenvalue weighted by atomic mass is 19.4. The molecule has 0 N–H and O–H groups in total. The maximum absolute atomic E-state index is 12.5. The predicted molar refractivity (Wildman–Crippen MR) is 72.0 cm³/mol. The largest absolute Gasteiger partial charge is 0.471 e. The van der Waals surface area contributed by atoms with Crippen molar-refractivity contribution in [2.75, 3.05) is 5.06 Å². The van der Waals surface area contributed by atoms with Gasteiger partial charge in [-0.3, -0.25) is 9.63 Å². The fourth-order valence-electron chi connectivity index (χ4n) is 2.19. The van der Waals surface area contributed by atoms with Gasteiger partial charge in [0.15, 0.2) is 0 Å². The smallest absolute Gasteiger partial charge is 0.329 e. The van der Waals surface area contributed by atoms with E-state index in [0.717, 1.165) is 5.06 Å². The Morgan fingerprint density at radius 2 is 2.04 bits per heavy atom. The molecule has 1 saturated heterocycles. The first-order valence-corrected chi connectivity index (χ1v) is 6.69. The molecule has 0 bridgehead atoms.